The molecule has 0 saturated heterocycles. The number of hydrogen-bond acceptors (Lipinski definition) is 2. The lowest BCUT2D eigenvalue weighted by molar-refractivity contribution is 0.436. The van der Waals surface area contributed by atoms with Gasteiger partial charge < -0.3 is 0 Å². The van der Waals surface area contributed by atoms with Crippen LogP contribution in [0.1, 0.15) is 13.8 Å². The van der Waals surface area contributed by atoms with E-state index in [0.29, 0.717) is 0 Å². The van der Waals surface area contributed by atoms with Gasteiger partial charge in [-0.1, -0.05) is 13.8 Å². The van der Waals surface area contributed by atoms with Crippen LogP contribution in [0.15, 0.2) is 10.2 Å². The normalized spacial score (nSPS) is 20.9. The van der Waals surface area contributed by atoms with Crippen molar-refractivity contribution < 1.29 is 0 Å². The minimum absolute atomic E-state index is 0.731. The van der Waals surface area contributed by atoms with E-state index in [9.17, 15) is 0 Å². The molecule has 0 amide bonds. The summed E-state index contributed by atoms with van der Waals surface area (Å²) in [5.74, 6) is 1.49. The summed E-state index contributed by atoms with van der Waals surface area (Å²) in [6.45, 7) is 6.36. The summed E-state index contributed by atoms with van der Waals surface area (Å²) >= 11 is 0. The van der Waals surface area contributed by atoms with Gasteiger partial charge in [-0.05, 0) is 5.92 Å². The van der Waals surface area contributed by atoms with Gasteiger partial charge in [-0.2, -0.15) is 10.2 Å². The third-order valence-electron chi connectivity index (χ3n) is 1.68. The average molecular weight is 112 g/mol. The van der Waals surface area contributed by atoms with Crippen molar-refractivity contribution in [3.05, 3.63) is 0 Å². The summed E-state index contributed by atoms with van der Waals surface area (Å²) in [6.07, 6.45) is 0. The Kier molecular flexibility index (Phi) is 1.61. The molecule has 0 atom stereocenters. The van der Waals surface area contributed by atoms with E-state index in [0.717, 1.165) is 24.9 Å². The lowest BCUT2D eigenvalue weighted by Crippen LogP contribution is -2.10. The van der Waals surface area contributed by atoms with E-state index >= 15 is 0 Å². The van der Waals surface area contributed by atoms with Crippen molar-refractivity contribution >= 4 is 0 Å². The monoisotopic (exact) mass is 112 g/mol. The molecule has 0 bridgehead atoms. The van der Waals surface area contributed by atoms with Crippen LogP contribution in [0, 0.1) is 11.8 Å². The maximum absolute atomic E-state index is 3.91. The molecule has 0 fully saturated rings. The summed E-state index contributed by atoms with van der Waals surface area (Å²) in [5, 5.41) is 7.82. The van der Waals surface area contributed by atoms with E-state index in [1.807, 2.05) is 0 Å². The Labute approximate surface area is 50.0 Å². The van der Waals surface area contributed by atoms with Crippen LogP contribution >= 0.6 is 0 Å². The molecule has 0 N–H and O–H groups in total. The van der Waals surface area contributed by atoms with Crippen LogP contribution in [-0.2, 0) is 0 Å². The van der Waals surface area contributed by atoms with Gasteiger partial charge in [0.1, 0.15) is 0 Å². The third kappa shape index (κ3) is 1.05. The van der Waals surface area contributed by atoms with Crippen LogP contribution in [0.25, 0.3) is 0 Å². The maximum Gasteiger partial charge on any atom is 0.0647 e. The van der Waals surface area contributed by atoms with Crippen molar-refractivity contribution in [2.24, 2.45) is 22.1 Å². The van der Waals surface area contributed by atoms with Crippen molar-refractivity contribution in [1.29, 1.82) is 0 Å². The quantitative estimate of drug-likeness (QED) is 0.493. The molecule has 46 valence electrons. The van der Waals surface area contributed by atoms with Crippen LogP contribution in [0.3, 0.4) is 0 Å². The van der Waals surface area contributed by atoms with Crippen molar-refractivity contribution in [3.8, 4) is 0 Å². The second-order valence-electron chi connectivity index (χ2n) is 2.65. The van der Waals surface area contributed by atoms with Gasteiger partial charge >= 0.3 is 0 Å². The van der Waals surface area contributed by atoms with Gasteiger partial charge in [0.2, 0.25) is 0 Å². The molecule has 2 nitrogen and oxygen atoms in total. The van der Waals surface area contributed by atoms with E-state index in [1.165, 1.54) is 0 Å². The number of azo groups is 1. The largest absolute Gasteiger partial charge is 0.194 e. The zero-order valence-electron chi connectivity index (χ0n) is 5.46. The predicted octanol–water partition coefficient (Wildman–Crippen LogP) is 1.72. The first kappa shape index (κ1) is 5.73. The van der Waals surface area contributed by atoms with Gasteiger partial charge in [0, 0.05) is 5.92 Å². The topological polar surface area (TPSA) is 24.7 Å². The predicted molar refractivity (Wildman–Crippen MR) is 32.9 cm³/mol. The van der Waals surface area contributed by atoms with Crippen LogP contribution in [0.4, 0.5) is 0 Å². The van der Waals surface area contributed by atoms with Gasteiger partial charge in [0.25, 0.3) is 0 Å². The summed E-state index contributed by atoms with van der Waals surface area (Å²) in [5.41, 5.74) is 0. The maximum atomic E-state index is 3.91. The molecule has 0 spiro atoms. The third-order valence-corrected chi connectivity index (χ3v) is 1.68. The fraction of sp³-hybridized carbons (Fsp3) is 1.00. The molecule has 1 aliphatic rings. The van der Waals surface area contributed by atoms with Crippen LogP contribution < -0.4 is 0 Å². The highest BCUT2D eigenvalue weighted by atomic mass is 15.1. The smallest absolute Gasteiger partial charge is 0.0647 e. The Bertz CT molecular complexity index is 88.7. The highest BCUT2D eigenvalue weighted by molar-refractivity contribution is 4.70. The number of nitrogens with zero attached hydrogens (tertiary/aromatic N) is 2. The van der Waals surface area contributed by atoms with Crippen LogP contribution in [0.2, 0.25) is 0 Å². The molecule has 2 heteroatoms. The van der Waals surface area contributed by atoms with E-state index in [4.69, 9.17) is 0 Å². The molecule has 0 unspecified atom stereocenters. The number of rotatable bonds is 1. The van der Waals surface area contributed by atoms with Gasteiger partial charge in [0.15, 0.2) is 0 Å². The molecular weight excluding hydrogens is 100 g/mol. The molecule has 1 heterocycles. The van der Waals surface area contributed by atoms with Gasteiger partial charge in [0.05, 0.1) is 13.1 Å². The van der Waals surface area contributed by atoms with E-state index < -0.39 is 0 Å². The molecule has 0 aromatic heterocycles. The Morgan fingerprint density at radius 3 is 2.00 bits per heavy atom. The first-order valence-corrected chi connectivity index (χ1v) is 3.14. The van der Waals surface area contributed by atoms with Gasteiger partial charge in [-0.3, -0.25) is 0 Å². The van der Waals surface area contributed by atoms with Crippen LogP contribution in [0.5, 0.6) is 0 Å². The lowest BCUT2D eigenvalue weighted by atomic mass is 9.97. The standard InChI is InChI=1S/C6H12N2/c1-5(2)6-3-7-8-4-6/h5-6H,3-4H2,1-2H3. The summed E-state index contributed by atoms with van der Waals surface area (Å²) in [7, 11) is 0. The Balaban J connectivity index is 2.29. The fourth-order valence-electron chi connectivity index (χ4n) is 0.805. The highest BCUT2D eigenvalue weighted by Crippen LogP contribution is 2.15. The van der Waals surface area contributed by atoms with Crippen molar-refractivity contribution in [2.45, 2.75) is 13.8 Å². The minimum Gasteiger partial charge on any atom is -0.194 e. The molecule has 0 aliphatic carbocycles. The zero-order chi connectivity index (χ0) is 5.98. The average Bonchev–Trinajstić information content (AvgIpc) is 2.12. The SMILES string of the molecule is CC(C)C1CN=NC1. The second kappa shape index (κ2) is 2.25. The first-order chi connectivity index (χ1) is 3.80. The fourth-order valence-corrected chi connectivity index (χ4v) is 0.805. The van der Waals surface area contributed by atoms with Gasteiger partial charge in [-0.25, -0.2) is 0 Å². The van der Waals surface area contributed by atoms with Crippen LogP contribution in [-0.4, -0.2) is 13.1 Å². The molecule has 0 radical (unpaired) electrons. The van der Waals surface area contributed by atoms with Crippen molar-refractivity contribution in [1.82, 2.24) is 0 Å². The summed E-state index contributed by atoms with van der Waals surface area (Å²) < 4.78 is 0. The molecule has 0 aromatic carbocycles. The highest BCUT2D eigenvalue weighted by Gasteiger charge is 2.15. The molecule has 8 heavy (non-hydrogen) atoms. The lowest BCUT2D eigenvalue weighted by Gasteiger charge is -2.08. The van der Waals surface area contributed by atoms with E-state index in [1.54, 1.807) is 0 Å². The molecular formula is C6H12N2. The Hall–Kier alpha value is -0.400. The van der Waals surface area contributed by atoms with Crippen molar-refractivity contribution in [3.63, 3.8) is 0 Å². The van der Waals surface area contributed by atoms with E-state index in [2.05, 4.69) is 24.1 Å². The number of hydrogen-bond donors (Lipinski definition) is 0. The van der Waals surface area contributed by atoms with Crippen molar-refractivity contribution in [2.75, 3.05) is 13.1 Å². The molecule has 1 rings (SSSR count). The van der Waals surface area contributed by atoms with Gasteiger partial charge in [-0.15, -0.1) is 0 Å². The Morgan fingerprint density at radius 2 is 1.75 bits per heavy atom. The summed E-state index contributed by atoms with van der Waals surface area (Å²) in [6, 6.07) is 0. The zero-order valence-corrected chi connectivity index (χ0v) is 5.46. The first-order valence-electron chi connectivity index (χ1n) is 3.14. The minimum atomic E-state index is 0.731. The summed E-state index contributed by atoms with van der Waals surface area (Å²) in [4.78, 5) is 0. The second-order valence-corrected chi connectivity index (χ2v) is 2.65. The molecule has 0 aromatic rings. The molecule has 0 saturated carbocycles. The Morgan fingerprint density at radius 1 is 1.25 bits per heavy atom. The van der Waals surface area contributed by atoms with E-state index in [-0.39, 0.29) is 0 Å². The molecule has 1 aliphatic heterocycles.